The number of H-pyrrole nitrogens is 1. The Balaban J connectivity index is 1.68. The summed E-state index contributed by atoms with van der Waals surface area (Å²) >= 11 is 3.02. The largest absolute Gasteiger partial charge is 0.342 e. The fourth-order valence-electron chi connectivity index (χ4n) is 3.13. The number of aryl methyl sites for hydroxylation is 1. The molecular weight excluding hydrogens is 392 g/mol. The van der Waals surface area contributed by atoms with Crippen molar-refractivity contribution in [3.63, 3.8) is 0 Å². The van der Waals surface area contributed by atoms with Crippen LogP contribution in [0.4, 0.5) is 0 Å². The molecule has 0 bridgehead atoms. The lowest BCUT2D eigenvalue weighted by molar-refractivity contribution is 0.112. The van der Waals surface area contributed by atoms with Gasteiger partial charge in [0.25, 0.3) is 0 Å². The quantitative estimate of drug-likeness (QED) is 0.346. The fraction of sp³-hybridized carbons (Fsp3) is 0.105. The number of aldehydes is 1. The molecule has 0 unspecified atom stereocenters. The topological polar surface area (TPSA) is 89.3 Å². The smallest absolute Gasteiger partial charge is 0.198 e. The molecule has 0 aliphatic rings. The van der Waals surface area contributed by atoms with E-state index in [-0.39, 0.29) is 0 Å². The molecule has 0 spiro atoms. The number of aromatic nitrogens is 6. The van der Waals surface area contributed by atoms with Crippen LogP contribution in [0.5, 0.6) is 0 Å². The number of benzene rings is 1. The zero-order valence-electron chi connectivity index (χ0n) is 14.8. The zero-order valence-corrected chi connectivity index (χ0v) is 16.4. The predicted octanol–water partition coefficient (Wildman–Crippen LogP) is 4.28. The fourth-order valence-corrected chi connectivity index (χ4v) is 5.05. The van der Waals surface area contributed by atoms with Crippen LogP contribution in [0.1, 0.15) is 23.0 Å². The van der Waals surface area contributed by atoms with Gasteiger partial charge in [-0.15, -0.1) is 11.3 Å². The maximum Gasteiger partial charge on any atom is 0.198 e. The van der Waals surface area contributed by atoms with E-state index < -0.39 is 0 Å². The molecule has 0 saturated heterocycles. The van der Waals surface area contributed by atoms with Gasteiger partial charge in [-0.3, -0.25) is 9.36 Å². The molecule has 0 aliphatic heterocycles. The lowest BCUT2D eigenvalue weighted by Gasteiger charge is -2.06. The number of nitrogens with zero attached hydrogens (tertiary/aromatic N) is 5. The molecule has 0 aliphatic carbocycles. The van der Waals surface area contributed by atoms with Gasteiger partial charge in [0.2, 0.25) is 0 Å². The SMILES string of the molecule is CCc1[nH]c2nc(Sc3nc4ccccc4s3)nc(-n3ccnc3)c2c1C=O. The van der Waals surface area contributed by atoms with Crippen LogP contribution in [-0.4, -0.2) is 35.8 Å². The number of hydrogen-bond donors (Lipinski definition) is 1. The number of carbonyl (C=O) groups is 1. The molecule has 0 fully saturated rings. The van der Waals surface area contributed by atoms with Crippen LogP contribution in [0.15, 0.2) is 52.5 Å². The summed E-state index contributed by atoms with van der Waals surface area (Å²) in [5.74, 6) is 0.629. The van der Waals surface area contributed by atoms with Crippen LogP contribution in [0.25, 0.3) is 27.1 Å². The summed E-state index contributed by atoms with van der Waals surface area (Å²) in [6, 6.07) is 8.02. The van der Waals surface area contributed by atoms with Crippen molar-refractivity contribution in [2.75, 3.05) is 0 Å². The maximum atomic E-state index is 11.7. The molecule has 4 aromatic heterocycles. The molecule has 0 amide bonds. The van der Waals surface area contributed by atoms with E-state index in [9.17, 15) is 4.79 Å². The van der Waals surface area contributed by atoms with Crippen LogP contribution in [0.3, 0.4) is 0 Å². The number of hydrogen-bond acceptors (Lipinski definition) is 7. The second-order valence-corrected chi connectivity index (χ2v) is 8.31. The molecule has 0 atom stereocenters. The van der Waals surface area contributed by atoms with Crippen LogP contribution in [0, 0.1) is 0 Å². The minimum atomic E-state index is 0.566. The van der Waals surface area contributed by atoms with E-state index in [2.05, 4.69) is 19.9 Å². The van der Waals surface area contributed by atoms with Crippen LogP contribution >= 0.6 is 23.1 Å². The lowest BCUT2D eigenvalue weighted by atomic mass is 10.1. The number of thiazole rings is 1. The first-order chi connectivity index (χ1) is 13.8. The van der Waals surface area contributed by atoms with Gasteiger partial charge in [-0.1, -0.05) is 19.1 Å². The molecule has 5 rings (SSSR count). The average Bonchev–Trinajstić information content (AvgIpc) is 3.44. The van der Waals surface area contributed by atoms with Crippen LogP contribution in [0.2, 0.25) is 0 Å². The normalized spacial score (nSPS) is 11.5. The maximum absolute atomic E-state index is 11.7. The Morgan fingerprint density at radius 1 is 1.25 bits per heavy atom. The van der Waals surface area contributed by atoms with Crippen molar-refractivity contribution < 1.29 is 4.79 Å². The summed E-state index contributed by atoms with van der Waals surface area (Å²) in [5.41, 5.74) is 3.05. The number of nitrogens with one attached hydrogen (secondary N) is 1. The summed E-state index contributed by atoms with van der Waals surface area (Å²) in [7, 11) is 0. The van der Waals surface area contributed by atoms with Gasteiger partial charge in [0, 0.05) is 23.7 Å². The van der Waals surface area contributed by atoms with E-state index in [0.717, 1.165) is 26.5 Å². The van der Waals surface area contributed by atoms with Gasteiger partial charge in [-0.25, -0.2) is 19.9 Å². The van der Waals surface area contributed by atoms with Crippen molar-refractivity contribution in [2.24, 2.45) is 0 Å². The molecule has 0 saturated carbocycles. The number of imidazole rings is 1. The predicted molar refractivity (Wildman–Crippen MR) is 110 cm³/mol. The first-order valence-electron chi connectivity index (χ1n) is 8.66. The molecule has 9 heteroatoms. The van der Waals surface area contributed by atoms with Gasteiger partial charge in [-0.2, -0.15) is 0 Å². The molecule has 138 valence electrons. The van der Waals surface area contributed by atoms with E-state index in [1.54, 1.807) is 34.6 Å². The molecule has 7 nitrogen and oxygen atoms in total. The summed E-state index contributed by atoms with van der Waals surface area (Å²) in [6.07, 6.45) is 6.72. The Labute approximate surface area is 167 Å². The Hall–Kier alpha value is -3.04. The first-order valence-corrected chi connectivity index (χ1v) is 10.3. The summed E-state index contributed by atoms with van der Waals surface area (Å²) in [6.45, 7) is 2.00. The first kappa shape index (κ1) is 17.1. The third-order valence-corrected chi connectivity index (χ3v) is 6.37. The Bertz CT molecular complexity index is 1270. The Morgan fingerprint density at radius 3 is 2.89 bits per heavy atom. The van der Waals surface area contributed by atoms with Gasteiger partial charge >= 0.3 is 0 Å². The Kier molecular flexibility index (Phi) is 4.18. The molecule has 28 heavy (non-hydrogen) atoms. The van der Waals surface area contributed by atoms with E-state index in [4.69, 9.17) is 4.98 Å². The average molecular weight is 406 g/mol. The van der Waals surface area contributed by atoms with Gasteiger partial charge < -0.3 is 4.98 Å². The van der Waals surface area contributed by atoms with E-state index in [1.165, 1.54) is 11.8 Å². The molecule has 4 heterocycles. The minimum Gasteiger partial charge on any atom is -0.342 e. The third-order valence-electron chi connectivity index (χ3n) is 4.41. The number of rotatable bonds is 5. The van der Waals surface area contributed by atoms with E-state index in [1.807, 2.05) is 31.2 Å². The van der Waals surface area contributed by atoms with Crippen LogP contribution in [-0.2, 0) is 6.42 Å². The number of aromatic amines is 1. The number of fused-ring (bicyclic) bond motifs is 2. The van der Waals surface area contributed by atoms with Gasteiger partial charge in [0.05, 0.1) is 15.6 Å². The standard InChI is InChI=1S/C19H14N6OS2/c1-2-12-11(9-26)15-16(21-12)23-18(24-17(15)25-8-7-20-10-25)28-19-22-13-5-3-4-6-14(13)27-19/h3-10H,2H2,1H3,(H,21,23,24). The van der Waals surface area contributed by atoms with Crippen molar-refractivity contribution in [1.29, 1.82) is 0 Å². The second kappa shape index (κ2) is 6.84. The van der Waals surface area contributed by atoms with Gasteiger partial charge in [-0.05, 0) is 30.3 Å². The highest BCUT2D eigenvalue weighted by Gasteiger charge is 2.19. The van der Waals surface area contributed by atoms with Crippen LogP contribution < -0.4 is 0 Å². The molecule has 5 aromatic rings. The number of carbonyl (C=O) groups excluding carboxylic acids is 1. The van der Waals surface area contributed by atoms with Crippen molar-refractivity contribution in [3.8, 4) is 5.82 Å². The lowest BCUT2D eigenvalue weighted by Crippen LogP contribution is -2.00. The second-order valence-electron chi connectivity index (χ2n) is 6.06. The molecule has 0 radical (unpaired) electrons. The van der Waals surface area contributed by atoms with Gasteiger partial charge in [0.15, 0.2) is 21.6 Å². The Morgan fingerprint density at radius 2 is 2.14 bits per heavy atom. The highest BCUT2D eigenvalue weighted by molar-refractivity contribution is 8.01. The van der Waals surface area contributed by atoms with E-state index >= 15 is 0 Å². The summed E-state index contributed by atoms with van der Waals surface area (Å²) in [4.78, 5) is 33.2. The van der Waals surface area contributed by atoms with Crippen molar-refractivity contribution >= 4 is 50.6 Å². The summed E-state index contributed by atoms with van der Waals surface area (Å²) < 4.78 is 3.79. The van der Waals surface area contributed by atoms with E-state index in [0.29, 0.717) is 34.0 Å². The van der Waals surface area contributed by atoms with Gasteiger partial charge in [0.1, 0.15) is 12.0 Å². The van der Waals surface area contributed by atoms with Crippen molar-refractivity contribution in [2.45, 2.75) is 22.8 Å². The van der Waals surface area contributed by atoms with Crippen molar-refractivity contribution in [1.82, 2.24) is 29.5 Å². The highest BCUT2D eigenvalue weighted by atomic mass is 32.2. The minimum absolute atomic E-state index is 0.566. The monoisotopic (exact) mass is 406 g/mol. The molecule has 1 aromatic carbocycles. The van der Waals surface area contributed by atoms with Crippen molar-refractivity contribution in [3.05, 3.63) is 54.2 Å². The molecular formula is C19H14N6OS2. The summed E-state index contributed by atoms with van der Waals surface area (Å²) in [5, 5.41) is 1.27. The highest BCUT2D eigenvalue weighted by Crippen LogP contribution is 2.35. The number of para-hydroxylation sites is 1. The molecule has 1 N–H and O–H groups in total. The zero-order chi connectivity index (χ0) is 19.1. The third kappa shape index (κ3) is 2.79.